The fourth-order valence-electron chi connectivity index (χ4n) is 1.82. The molecular formula is C14H18N2O4S4. The highest BCUT2D eigenvalue weighted by molar-refractivity contribution is 8.79. The van der Waals surface area contributed by atoms with Gasteiger partial charge in [-0.15, -0.1) is 0 Å². The van der Waals surface area contributed by atoms with Crippen molar-refractivity contribution in [3.05, 3.63) is 59.5 Å². The van der Waals surface area contributed by atoms with Crippen LogP contribution >= 0.6 is 21.6 Å². The first-order valence-electron chi connectivity index (χ1n) is 6.79. The van der Waals surface area contributed by atoms with E-state index in [2.05, 4.69) is 0 Å². The lowest BCUT2D eigenvalue weighted by Crippen LogP contribution is -2.29. The molecule has 0 saturated heterocycles. The molecule has 2 aliphatic rings. The molecule has 132 valence electrons. The van der Waals surface area contributed by atoms with Crippen molar-refractivity contribution in [2.75, 3.05) is 28.2 Å². The van der Waals surface area contributed by atoms with Gasteiger partial charge in [-0.3, -0.25) is 0 Å². The van der Waals surface area contributed by atoms with Gasteiger partial charge in [0, 0.05) is 28.2 Å². The molecule has 0 heterocycles. The minimum absolute atomic E-state index is 0.216. The van der Waals surface area contributed by atoms with E-state index in [1.807, 2.05) is 0 Å². The van der Waals surface area contributed by atoms with E-state index in [1.54, 1.807) is 38.5 Å². The standard InChI is InChI=1S/C14H18N2O4S4/c1-15(2)23(17,18)13-9-5-7-11(13)21-22-12-8-6-10-14(12)24(19,20)16(3)4/h5-10H,1-4H3. The molecule has 24 heavy (non-hydrogen) atoms. The number of hydrogen-bond donors (Lipinski definition) is 0. The topological polar surface area (TPSA) is 74.8 Å². The average molecular weight is 407 g/mol. The Bertz CT molecular complexity index is 577. The zero-order chi connectivity index (χ0) is 18.1. The van der Waals surface area contributed by atoms with Gasteiger partial charge in [0.2, 0.25) is 20.0 Å². The Labute approximate surface area is 154 Å². The van der Waals surface area contributed by atoms with Crippen LogP contribution in [0.4, 0.5) is 0 Å². The van der Waals surface area contributed by atoms with Crippen LogP contribution in [0.25, 0.3) is 0 Å². The lowest BCUT2D eigenvalue weighted by molar-refractivity contribution is 0.523. The van der Waals surface area contributed by atoms with E-state index in [9.17, 15) is 16.8 Å². The normalized spacial score (nSPS) is 23.1. The molecule has 10 radical (unpaired) electrons. The van der Waals surface area contributed by atoms with Crippen LogP contribution in [0.5, 0.6) is 0 Å². The molecule has 0 N–H and O–H groups in total. The number of sulfonamides is 2. The van der Waals surface area contributed by atoms with Crippen molar-refractivity contribution < 1.29 is 16.8 Å². The number of hydrogen-bond acceptors (Lipinski definition) is 6. The molecule has 2 saturated carbocycles. The molecule has 2 rings (SSSR count). The minimum atomic E-state index is -3.53. The van der Waals surface area contributed by atoms with E-state index in [0.29, 0.717) is 10.5 Å². The number of rotatable bonds is 7. The highest BCUT2D eigenvalue weighted by atomic mass is 33.1. The molecule has 2 aliphatic carbocycles. The van der Waals surface area contributed by atoms with Crippen molar-refractivity contribution in [1.82, 2.24) is 8.61 Å². The van der Waals surface area contributed by atoms with Gasteiger partial charge < -0.3 is 0 Å². The van der Waals surface area contributed by atoms with Crippen molar-refractivity contribution in [3.8, 4) is 0 Å². The third-order valence-corrected chi connectivity index (χ3v) is 9.70. The van der Waals surface area contributed by atoms with Crippen LogP contribution in [0.2, 0.25) is 0 Å². The second-order valence-electron chi connectivity index (χ2n) is 5.25. The van der Waals surface area contributed by atoms with Gasteiger partial charge in [-0.05, 0) is 38.5 Å². The lowest BCUT2D eigenvalue weighted by Gasteiger charge is -2.24. The average Bonchev–Trinajstić information content (AvgIpc) is 3.14. The monoisotopic (exact) mass is 406 g/mol. The summed E-state index contributed by atoms with van der Waals surface area (Å²) in [6, 6.07) is 0. The van der Waals surface area contributed by atoms with Crippen LogP contribution in [0, 0.1) is 59.5 Å². The van der Waals surface area contributed by atoms with Gasteiger partial charge in [0.05, 0.1) is 10.5 Å². The van der Waals surface area contributed by atoms with Crippen molar-refractivity contribution in [2.24, 2.45) is 0 Å². The van der Waals surface area contributed by atoms with E-state index in [4.69, 9.17) is 0 Å². The third-order valence-electron chi connectivity index (χ3n) is 3.21. The summed E-state index contributed by atoms with van der Waals surface area (Å²) in [6.45, 7) is 0. The first-order chi connectivity index (χ1) is 11.1. The fourth-order valence-corrected chi connectivity index (χ4v) is 7.11. The van der Waals surface area contributed by atoms with Crippen LogP contribution in [0.3, 0.4) is 0 Å². The lowest BCUT2D eigenvalue weighted by atomic mass is 10.4. The Morgan fingerprint density at radius 2 is 1.00 bits per heavy atom. The summed E-state index contributed by atoms with van der Waals surface area (Å²) >= 11 is 0. The summed E-state index contributed by atoms with van der Waals surface area (Å²) in [5.41, 5.74) is 0. The van der Waals surface area contributed by atoms with E-state index >= 15 is 0 Å². The smallest absolute Gasteiger partial charge is 0.212 e. The molecule has 0 bridgehead atoms. The van der Waals surface area contributed by atoms with Crippen molar-refractivity contribution in [3.63, 3.8) is 0 Å². The summed E-state index contributed by atoms with van der Waals surface area (Å²) in [5, 5.41) is 1.58. The Kier molecular flexibility index (Phi) is 6.98. The third kappa shape index (κ3) is 4.25. The molecule has 0 aromatic rings. The fraction of sp³-hybridized carbons (Fsp3) is 0.286. The summed E-state index contributed by atoms with van der Waals surface area (Å²) in [5.74, 6) is 0. The van der Waals surface area contributed by atoms with E-state index < -0.39 is 20.0 Å². The van der Waals surface area contributed by atoms with Crippen LogP contribution in [-0.2, 0) is 20.0 Å². The molecule has 2 fully saturated rings. The Morgan fingerprint density at radius 1 is 0.667 bits per heavy atom. The molecule has 6 nitrogen and oxygen atoms in total. The summed E-state index contributed by atoms with van der Waals surface area (Å²) in [4.78, 5) is 0. The second kappa shape index (κ2) is 8.04. The zero-order valence-corrected chi connectivity index (χ0v) is 16.9. The predicted molar refractivity (Wildman–Crippen MR) is 99.2 cm³/mol. The van der Waals surface area contributed by atoms with Gasteiger partial charge >= 0.3 is 0 Å². The first-order valence-corrected chi connectivity index (χ1v) is 11.8. The van der Waals surface area contributed by atoms with Gasteiger partial charge in [-0.25, -0.2) is 25.4 Å². The van der Waals surface area contributed by atoms with Gasteiger partial charge in [-0.2, -0.15) is 0 Å². The Hall–Kier alpha value is 0.520. The quantitative estimate of drug-likeness (QED) is 0.597. The van der Waals surface area contributed by atoms with Crippen LogP contribution in [0.1, 0.15) is 0 Å². The molecular weight excluding hydrogens is 388 g/mol. The maximum Gasteiger partial charge on any atom is 0.222 e. The van der Waals surface area contributed by atoms with Crippen LogP contribution in [0.15, 0.2) is 0 Å². The SMILES string of the molecule is CN(C)S(=O)(=O)[C]1[CH][CH][CH][C]1SS[C]1[CH][CH][CH][C]1S(=O)(=O)N(C)C. The van der Waals surface area contributed by atoms with Gasteiger partial charge in [-0.1, -0.05) is 21.6 Å². The van der Waals surface area contributed by atoms with Crippen molar-refractivity contribution in [2.45, 2.75) is 0 Å². The second-order valence-corrected chi connectivity index (χ2v) is 11.7. The predicted octanol–water partition coefficient (Wildman–Crippen LogP) is 1.53. The van der Waals surface area contributed by atoms with Crippen molar-refractivity contribution >= 4 is 41.6 Å². The molecule has 0 amide bonds. The van der Waals surface area contributed by atoms with E-state index in [0.717, 1.165) is 8.61 Å². The van der Waals surface area contributed by atoms with Gasteiger partial charge in [0.15, 0.2) is 0 Å². The van der Waals surface area contributed by atoms with Crippen LogP contribution in [-0.4, -0.2) is 53.6 Å². The minimum Gasteiger partial charge on any atom is -0.212 e. The summed E-state index contributed by atoms with van der Waals surface area (Å²) < 4.78 is 51.5. The zero-order valence-electron chi connectivity index (χ0n) is 13.6. The largest absolute Gasteiger partial charge is 0.222 e. The molecule has 0 atom stereocenters. The Morgan fingerprint density at radius 3 is 1.29 bits per heavy atom. The molecule has 0 aliphatic heterocycles. The molecule has 0 spiro atoms. The maximum atomic E-state index is 12.3. The van der Waals surface area contributed by atoms with E-state index in [1.165, 1.54) is 49.8 Å². The van der Waals surface area contributed by atoms with Crippen LogP contribution < -0.4 is 0 Å². The highest BCUT2D eigenvalue weighted by Crippen LogP contribution is 2.57. The molecule has 0 unspecified atom stereocenters. The summed E-state index contributed by atoms with van der Waals surface area (Å²) in [7, 11) is 1.28. The maximum absolute atomic E-state index is 12.3. The van der Waals surface area contributed by atoms with Crippen molar-refractivity contribution in [1.29, 1.82) is 0 Å². The van der Waals surface area contributed by atoms with Gasteiger partial charge in [0.1, 0.15) is 10.5 Å². The molecule has 0 aromatic carbocycles. The molecule has 10 heteroatoms. The highest BCUT2D eigenvalue weighted by Gasteiger charge is 2.45. The van der Waals surface area contributed by atoms with Gasteiger partial charge in [0.25, 0.3) is 0 Å². The summed E-state index contributed by atoms with van der Waals surface area (Å²) in [6.07, 6.45) is 9.83. The Balaban J connectivity index is 2.02. The first kappa shape index (κ1) is 20.8. The number of nitrogens with zero attached hydrogens (tertiary/aromatic N) is 2. The van der Waals surface area contributed by atoms with E-state index in [-0.39, 0.29) is 10.5 Å². The molecule has 0 aromatic heterocycles.